The standard InChI is InChI=1S/C34H44F3N7O3Si/c1-34(2,3)47-33(45)41-10-9-26(20-41)43-18-23(17-39-43)22-13-28-31(38-16-22)44(21-46-11-12-48(4,5)6)40-32(28)42-19-25(36)15-30(42)27-14-24(35)7-8-29(27)37/h7-8,13-14,16-18,25-26,30H,9-12,15,19-21H2,1-6H3/t25-,26-,30+/m0/s1. The number of nitrogens with zero attached hydrogens (tertiary/aromatic N) is 7. The van der Waals surface area contributed by atoms with Gasteiger partial charge in [-0.1, -0.05) is 19.6 Å². The molecule has 5 heterocycles. The van der Waals surface area contributed by atoms with Gasteiger partial charge in [0, 0.05) is 63.3 Å². The van der Waals surface area contributed by atoms with Crippen molar-refractivity contribution in [3.8, 4) is 11.1 Å². The Morgan fingerprint density at radius 2 is 1.88 bits per heavy atom. The summed E-state index contributed by atoms with van der Waals surface area (Å²) < 4.78 is 59.4. The van der Waals surface area contributed by atoms with Crippen molar-refractivity contribution in [2.45, 2.75) is 89.9 Å². The second-order valence-corrected chi connectivity index (χ2v) is 20.6. The van der Waals surface area contributed by atoms with E-state index in [4.69, 9.17) is 19.6 Å². The monoisotopic (exact) mass is 683 g/mol. The first-order valence-electron chi connectivity index (χ1n) is 16.5. The van der Waals surface area contributed by atoms with Crippen molar-refractivity contribution in [1.29, 1.82) is 0 Å². The van der Waals surface area contributed by atoms with Gasteiger partial charge in [-0.25, -0.2) is 27.6 Å². The van der Waals surface area contributed by atoms with Crippen molar-refractivity contribution in [3.05, 3.63) is 60.1 Å². The second-order valence-electron chi connectivity index (χ2n) is 15.0. The maximum absolute atomic E-state index is 15.1. The molecule has 2 fully saturated rings. The average Bonchev–Trinajstić information content (AvgIpc) is 3.80. The molecule has 0 spiro atoms. The number of carbonyl (C=O) groups excluding carboxylic acids is 1. The van der Waals surface area contributed by atoms with E-state index in [1.54, 1.807) is 26.9 Å². The van der Waals surface area contributed by atoms with Crippen LogP contribution in [0.5, 0.6) is 0 Å². The highest BCUT2D eigenvalue weighted by Gasteiger charge is 2.38. The molecule has 0 radical (unpaired) electrons. The van der Waals surface area contributed by atoms with E-state index < -0.39 is 37.5 Å². The Morgan fingerprint density at radius 1 is 1.08 bits per heavy atom. The Balaban J connectivity index is 1.31. The number of rotatable bonds is 9. The number of anilines is 1. The van der Waals surface area contributed by atoms with Crippen molar-refractivity contribution < 1.29 is 27.4 Å². The van der Waals surface area contributed by atoms with E-state index in [2.05, 4.69) is 24.7 Å². The average molecular weight is 684 g/mol. The van der Waals surface area contributed by atoms with Crippen LogP contribution in [-0.2, 0) is 16.2 Å². The molecule has 0 unspecified atom stereocenters. The van der Waals surface area contributed by atoms with E-state index in [0.717, 1.165) is 41.8 Å². The fourth-order valence-corrected chi connectivity index (χ4v) is 7.01. The van der Waals surface area contributed by atoms with Crippen LogP contribution in [-0.4, -0.2) is 81.6 Å². The van der Waals surface area contributed by atoms with E-state index >= 15 is 8.78 Å². The van der Waals surface area contributed by atoms with Crippen LogP contribution in [0, 0.1) is 11.6 Å². The molecular weight excluding hydrogens is 640 g/mol. The number of fused-ring (bicyclic) bond motifs is 1. The molecule has 0 saturated carbocycles. The number of hydrogen-bond donors (Lipinski definition) is 0. The summed E-state index contributed by atoms with van der Waals surface area (Å²) in [5.74, 6) is -0.752. The molecule has 3 aromatic heterocycles. The van der Waals surface area contributed by atoms with Gasteiger partial charge in [-0.2, -0.15) is 10.2 Å². The maximum Gasteiger partial charge on any atom is 0.410 e. The van der Waals surface area contributed by atoms with Crippen molar-refractivity contribution in [2.75, 3.05) is 31.1 Å². The molecule has 0 N–H and O–H groups in total. The smallest absolute Gasteiger partial charge is 0.410 e. The zero-order valence-electron chi connectivity index (χ0n) is 28.4. The summed E-state index contributed by atoms with van der Waals surface area (Å²) >= 11 is 0. The van der Waals surface area contributed by atoms with Gasteiger partial charge in [-0.3, -0.25) is 4.68 Å². The van der Waals surface area contributed by atoms with Crippen LogP contribution in [0.3, 0.4) is 0 Å². The fourth-order valence-electron chi connectivity index (χ4n) is 6.25. The highest BCUT2D eigenvalue weighted by Crippen LogP contribution is 2.41. The molecule has 2 saturated heterocycles. The Bertz CT molecular complexity index is 1780. The molecule has 258 valence electrons. The third kappa shape index (κ3) is 7.54. The number of aromatic nitrogens is 5. The normalized spacial score (nSPS) is 20.3. The number of pyridine rings is 1. The molecule has 14 heteroatoms. The van der Waals surface area contributed by atoms with E-state index in [9.17, 15) is 9.18 Å². The molecule has 4 aromatic rings. The van der Waals surface area contributed by atoms with Crippen LogP contribution in [0.25, 0.3) is 22.2 Å². The minimum absolute atomic E-state index is 0.00300. The van der Waals surface area contributed by atoms with E-state index in [1.165, 1.54) is 0 Å². The van der Waals surface area contributed by atoms with Gasteiger partial charge in [0.25, 0.3) is 0 Å². The zero-order valence-corrected chi connectivity index (χ0v) is 29.4. The Morgan fingerprint density at radius 3 is 2.62 bits per heavy atom. The number of halogens is 3. The number of carbonyl (C=O) groups is 1. The van der Waals surface area contributed by atoms with Crippen LogP contribution in [0.4, 0.5) is 23.8 Å². The molecule has 3 atom stereocenters. The van der Waals surface area contributed by atoms with Gasteiger partial charge in [0.2, 0.25) is 0 Å². The summed E-state index contributed by atoms with van der Waals surface area (Å²) in [5.41, 5.74) is 1.63. The highest BCUT2D eigenvalue weighted by atomic mass is 28.3. The van der Waals surface area contributed by atoms with Gasteiger partial charge < -0.3 is 19.3 Å². The lowest BCUT2D eigenvalue weighted by atomic mass is 10.0. The minimum Gasteiger partial charge on any atom is -0.444 e. The number of alkyl halides is 1. The molecule has 1 amide bonds. The first-order chi connectivity index (χ1) is 22.6. The van der Waals surface area contributed by atoms with Crippen molar-refractivity contribution in [2.24, 2.45) is 0 Å². The minimum atomic E-state index is -1.32. The van der Waals surface area contributed by atoms with Crippen LogP contribution in [0.1, 0.15) is 51.3 Å². The predicted molar refractivity (Wildman–Crippen MR) is 180 cm³/mol. The maximum atomic E-state index is 15.1. The molecule has 2 aliphatic rings. The van der Waals surface area contributed by atoms with E-state index in [0.29, 0.717) is 36.5 Å². The summed E-state index contributed by atoms with van der Waals surface area (Å²) in [6, 6.07) is 5.41. The third-order valence-corrected chi connectivity index (χ3v) is 10.4. The Labute approximate surface area is 279 Å². The van der Waals surface area contributed by atoms with Crippen molar-refractivity contribution in [3.63, 3.8) is 0 Å². The number of likely N-dealkylation sites (tertiary alicyclic amines) is 1. The van der Waals surface area contributed by atoms with Gasteiger partial charge in [0.1, 0.15) is 30.1 Å². The summed E-state index contributed by atoms with van der Waals surface area (Å²) in [4.78, 5) is 20.8. The second kappa shape index (κ2) is 13.2. The first kappa shape index (κ1) is 34.0. The first-order valence-corrected chi connectivity index (χ1v) is 20.2. The number of ether oxygens (including phenoxy) is 2. The van der Waals surface area contributed by atoms with E-state index in [-0.39, 0.29) is 37.4 Å². The molecule has 1 aromatic carbocycles. The molecule has 48 heavy (non-hydrogen) atoms. The van der Waals surface area contributed by atoms with Crippen molar-refractivity contribution in [1.82, 2.24) is 29.4 Å². The third-order valence-electron chi connectivity index (χ3n) is 8.74. The largest absolute Gasteiger partial charge is 0.444 e. The van der Waals surface area contributed by atoms with Gasteiger partial charge >= 0.3 is 6.09 Å². The van der Waals surface area contributed by atoms with Gasteiger partial charge in [0.15, 0.2) is 11.5 Å². The van der Waals surface area contributed by atoms with Gasteiger partial charge in [-0.15, -0.1) is 0 Å². The van der Waals surface area contributed by atoms with Crippen LogP contribution < -0.4 is 4.90 Å². The summed E-state index contributed by atoms with van der Waals surface area (Å²) in [7, 11) is -1.32. The van der Waals surface area contributed by atoms with Crippen LogP contribution >= 0.6 is 0 Å². The number of amides is 1. The van der Waals surface area contributed by atoms with Gasteiger partial charge in [0.05, 0.1) is 30.2 Å². The zero-order chi connectivity index (χ0) is 34.4. The molecule has 0 bridgehead atoms. The summed E-state index contributed by atoms with van der Waals surface area (Å²) in [6.07, 6.45) is 4.56. The Kier molecular flexibility index (Phi) is 9.33. The lowest BCUT2D eigenvalue weighted by Crippen LogP contribution is -2.35. The van der Waals surface area contributed by atoms with Crippen molar-refractivity contribution >= 4 is 31.0 Å². The molecule has 0 aliphatic carbocycles. The van der Waals surface area contributed by atoms with Crippen LogP contribution in [0.15, 0.2) is 42.9 Å². The molecular formula is C34H44F3N7O3Si. The predicted octanol–water partition coefficient (Wildman–Crippen LogP) is 7.36. The SMILES string of the molecule is CC(C)(C)OC(=O)N1CC[C@H](n2cc(-c3cnc4c(c3)c(N3C[C@@H](F)C[C@@H]3c3cc(F)ccc3F)nn4COCC[Si](C)(C)C)cn2)C1. The number of benzene rings is 1. The summed E-state index contributed by atoms with van der Waals surface area (Å²) in [5, 5.41) is 10.1. The lowest BCUT2D eigenvalue weighted by Gasteiger charge is -2.25. The Hall–Kier alpha value is -3.91. The van der Waals surface area contributed by atoms with Gasteiger partial charge in [-0.05, 0) is 57.5 Å². The van der Waals surface area contributed by atoms with E-state index in [1.807, 2.05) is 37.7 Å². The number of hydrogen-bond acceptors (Lipinski definition) is 7. The lowest BCUT2D eigenvalue weighted by molar-refractivity contribution is 0.0288. The highest BCUT2D eigenvalue weighted by molar-refractivity contribution is 6.76. The topological polar surface area (TPSA) is 90.5 Å². The van der Waals surface area contributed by atoms with Crippen LogP contribution in [0.2, 0.25) is 25.7 Å². The molecule has 2 aliphatic heterocycles. The molecule has 10 nitrogen and oxygen atoms in total. The fraction of sp³-hybridized carbons (Fsp3) is 0.529. The molecule has 6 rings (SSSR count). The summed E-state index contributed by atoms with van der Waals surface area (Å²) in [6.45, 7) is 14.1. The quantitative estimate of drug-likeness (QED) is 0.135.